The number of hydrogen-bond acceptors (Lipinski definition) is 6. The van der Waals surface area contributed by atoms with Crippen LogP contribution in [0.5, 0.6) is 0 Å². The average molecular weight is 405 g/mol. The molecule has 6 nitrogen and oxygen atoms in total. The lowest BCUT2D eigenvalue weighted by atomic mass is 10.1. The summed E-state index contributed by atoms with van der Waals surface area (Å²) in [5.74, 6) is 0.156. The molecule has 0 bridgehead atoms. The molecule has 0 unspecified atom stereocenters. The Hall–Kier alpha value is -3.76. The highest BCUT2D eigenvalue weighted by Crippen LogP contribution is 2.32. The third-order valence-electron chi connectivity index (χ3n) is 4.44. The van der Waals surface area contributed by atoms with Crippen molar-refractivity contribution in [1.82, 2.24) is 15.0 Å². The number of nitriles is 1. The molecule has 0 amide bonds. The summed E-state index contributed by atoms with van der Waals surface area (Å²) in [6.45, 7) is 0. The minimum atomic E-state index is -0.511. The summed E-state index contributed by atoms with van der Waals surface area (Å²) in [6, 6.07) is 12.0. The van der Waals surface area contributed by atoms with Gasteiger partial charge in [0.15, 0.2) is 0 Å². The Kier molecular flexibility index (Phi) is 4.94. The lowest BCUT2D eigenvalue weighted by Crippen LogP contribution is -2.11. The van der Waals surface area contributed by atoms with E-state index in [-0.39, 0.29) is 5.02 Å². The van der Waals surface area contributed by atoms with E-state index in [1.165, 1.54) is 18.3 Å². The molecule has 0 aliphatic carbocycles. The van der Waals surface area contributed by atoms with E-state index in [1.54, 1.807) is 24.7 Å². The van der Waals surface area contributed by atoms with E-state index in [4.69, 9.17) is 11.6 Å². The van der Waals surface area contributed by atoms with Gasteiger partial charge in [-0.3, -0.25) is 9.97 Å². The maximum absolute atomic E-state index is 13.5. The summed E-state index contributed by atoms with van der Waals surface area (Å²) in [4.78, 5) is 14.7. The van der Waals surface area contributed by atoms with Crippen LogP contribution in [0, 0.1) is 17.1 Å². The molecule has 3 aromatic heterocycles. The Morgan fingerprint density at radius 1 is 1.10 bits per heavy atom. The Bertz CT molecular complexity index is 1240. The molecule has 0 spiro atoms. The van der Waals surface area contributed by atoms with Gasteiger partial charge >= 0.3 is 0 Å². The highest BCUT2D eigenvalue weighted by atomic mass is 35.5. The van der Waals surface area contributed by atoms with Crippen molar-refractivity contribution in [2.24, 2.45) is 0 Å². The first kappa shape index (κ1) is 18.6. The van der Waals surface area contributed by atoms with Gasteiger partial charge in [0.25, 0.3) is 0 Å². The van der Waals surface area contributed by atoms with Gasteiger partial charge in [0, 0.05) is 42.4 Å². The van der Waals surface area contributed by atoms with E-state index in [2.05, 4.69) is 26.3 Å². The number of fused-ring (bicyclic) bond motifs is 1. The molecule has 4 aromatic rings. The number of benzene rings is 1. The largest absolute Gasteiger partial charge is 0.354 e. The molecule has 142 valence electrons. The molecule has 1 N–H and O–H groups in total. The smallest absolute Gasteiger partial charge is 0.141 e. The number of nitrogens with zero attached hydrogens (tertiary/aromatic N) is 5. The van der Waals surface area contributed by atoms with Crippen LogP contribution < -0.4 is 10.2 Å². The van der Waals surface area contributed by atoms with Crippen molar-refractivity contribution in [3.05, 3.63) is 77.6 Å². The highest BCUT2D eigenvalue weighted by Gasteiger charge is 2.14. The summed E-state index contributed by atoms with van der Waals surface area (Å²) in [7, 11) is 1.89. The van der Waals surface area contributed by atoms with Crippen molar-refractivity contribution in [2.45, 2.75) is 0 Å². The highest BCUT2D eigenvalue weighted by molar-refractivity contribution is 6.31. The first-order valence-corrected chi connectivity index (χ1v) is 8.99. The summed E-state index contributed by atoms with van der Waals surface area (Å²) in [5, 5.41) is 13.4. The zero-order valence-electron chi connectivity index (χ0n) is 15.3. The molecular weight excluding hydrogens is 391 g/mol. The summed E-state index contributed by atoms with van der Waals surface area (Å²) in [6.07, 6.45) is 6.52. The molecular formula is C21H14ClFN6. The molecule has 0 fully saturated rings. The SMILES string of the molecule is CN(c1ccncc1)c1cc2c(Nc3ccc(F)c(Cl)c3)c(C#N)cnc2cn1. The van der Waals surface area contributed by atoms with E-state index >= 15 is 0 Å². The molecule has 0 saturated heterocycles. The normalized spacial score (nSPS) is 10.6. The van der Waals surface area contributed by atoms with Gasteiger partial charge in [-0.2, -0.15) is 5.26 Å². The predicted molar refractivity (Wildman–Crippen MR) is 111 cm³/mol. The van der Waals surface area contributed by atoms with Crippen LogP contribution >= 0.6 is 11.6 Å². The molecule has 0 aliphatic heterocycles. The van der Waals surface area contributed by atoms with E-state index < -0.39 is 5.82 Å². The molecule has 8 heteroatoms. The number of nitrogens with one attached hydrogen (secondary N) is 1. The maximum Gasteiger partial charge on any atom is 0.141 e. The van der Waals surface area contributed by atoms with E-state index in [1.807, 2.05) is 30.1 Å². The zero-order valence-corrected chi connectivity index (χ0v) is 16.0. The molecule has 1 aromatic carbocycles. The molecule has 0 radical (unpaired) electrons. The van der Waals surface area contributed by atoms with E-state index in [0.717, 1.165) is 5.69 Å². The third-order valence-corrected chi connectivity index (χ3v) is 4.73. The Balaban J connectivity index is 1.83. The topological polar surface area (TPSA) is 77.7 Å². The average Bonchev–Trinajstić information content (AvgIpc) is 2.76. The van der Waals surface area contributed by atoms with Gasteiger partial charge in [0.05, 0.1) is 28.0 Å². The van der Waals surface area contributed by atoms with Gasteiger partial charge < -0.3 is 10.2 Å². The van der Waals surface area contributed by atoms with Crippen LogP contribution in [0.2, 0.25) is 5.02 Å². The van der Waals surface area contributed by atoms with Crippen molar-refractivity contribution >= 4 is 45.4 Å². The maximum atomic E-state index is 13.5. The third kappa shape index (κ3) is 3.66. The monoisotopic (exact) mass is 404 g/mol. The van der Waals surface area contributed by atoms with Crippen LogP contribution in [0.25, 0.3) is 10.9 Å². The second-order valence-corrected chi connectivity index (χ2v) is 6.64. The molecule has 29 heavy (non-hydrogen) atoms. The van der Waals surface area contributed by atoms with Crippen LogP contribution in [0.15, 0.2) is 61.2 Å². The Morgan fingerprint density at radius 3 is 2.62 bits per heavy atom. The Morgan fingerprint density at radius 2 is 1.90 bits per heavy atom. The first-order chi connectivity index (χ1) is 14.1. The van der Waals surface area contributed by atoms with Crippen LogP contribution in [0.4, 0.5) is 27.3 Å². The summed E-state index contributed by atoms with van der Waals surface area (Å²) < 4.78 is 13.5. The standard InChI is InChI=1S/C21H14ClFN6/c1-29(15-4-6-25-7-5-15)20-9-16-19(12-27-20)26-11-13(10-24)21(16)28-14-2-3-18(23)17(22)8-14/h2-9,11-12H,1H3,(H,26,28). The molecule has 0 saturated carbocycles. The summed E-state index contributed by atoms with van der Waals surface area (Å²) in [5.41, 5.74) is 2.98. The Labute approximate surface area is 171 Å². The van der Waals surface area contributed by atoms with Gasteiger partial charge in [-0.15, -0.1) is 0 Å². The van der Waals surface area contributed by atoms with Crippen molar-refractivity contribution in [1.29, 1.82) is 5.26 Å². The number of aromatic nitrogens is 3. The van der Waals surface area contributed by atoms with Crippen LogP contribution in [0.3, 0.4) is 0 Å². The fourth-order valence-corrected chi connectivity index (χ4v) is 3.09. The van der Waals surface area contributed by atoms with Crippen molar-refractivity contribution < 1.29 is 4.39 Å². The van der Waals surface area contributed by atoms with Crippen LogP contribution in [0.1, 0.15) is 5.56 Å². The van der Waals surface area contributed by atoms with Gasteiger partial charge in [0.2, 0.25) is 0 Å². The summed E-state index contributed by atoms with van der Waals surface area (Å²) >= 11 is 5.89. The van der Waals surface area contributed by atoms with Crippen molar-refractivity contribution in [3.63, 3.8) is 0 Å². The van der Waals surface area contributed by atoms with Gasteiger partial charge in [-0.1, -0.05) is 11.6 Å². The number of anilines is 4. The van der Waals surface area contributed by atoms with Crippen LogP contribution in [-0.4, -0.2) is 22.0 Å². The quantitative estimate of drug-likeness (QED) is 0.503. The second-order valence-electron chi connectivity index (χ2n) is 6.24. The zero-order chi connectivity index (χ0) is 20.4. The second kappa shape index (κ2) is 7.70. The number of halogens is 2. The first-order valence-electron chi connectivity index (χ1n) is 8.61. The van der Waals surface area contributed by atoms with Crippen molar-refractivity contribution in [3.8, 4) is 6.07 Å². The van der Waals surface area contributed by atoms with Crippen molar-refractivity contribution in [2.75, 3.05) is 17.3 Å². The fraction of sp³-hybridized carbons (Fsp3) is 0.0476. The van der Waals surface area contributed by atoms with Gasteiger partial charge in [-0.25, -0.2) is 9.37 Å². The molecule has 3 heterocycles. The van der Waals surface area contributed by atoms with Gasteiger partial charge in [-0.05, 0) is 36.4 Å². The minimum Gasteiger partial charge on any atom is -0.354 e. The number of hydrogen-bond donors (Lipinski definition) is 1. The lowest BCUT2D eigenvalue weighted by molar-refractivity contribution is 0.628. The molecule has 0 atom stereocenters. The number of pyridine rings is 3. The molecule has 4 rings (SSSR count). The molecule has 0 aliphatic rings. The fourth-order valence-electron chi connectivity index (χ4n) is 2.90. The minimum absolute atomic E-state index is 0.00774. The number of rotatable bonds is 4. The van der Waals surface area contributed by atoms with Gasteiger partial charge in [0.1, 0.15) is 17.7 Å². The van der Waals surface area contributed by atoms with E-state index in [0.29, 0.717) is 33.7 Å². The predicted octanol–water partition coefficient (Wildman–Crippen LogP) is 5.20. The lowest BCUT2D eigenvalue weighted by Gasteiger charge is -2.19. The van der Waals surface area contributed by atoms with E-state index in [9.17, 15) is 9.65 Å². The van der Waals surface area contributed by atoms with Crippen LogP contribution in [-0.2, 0) is 0 Å².